The SMILES string of the molecule is Cc1ccc([C@@H](NC(=O)CCn2nc(C(F)(F)F)cc2C)c2cccnc2)cc1. The van der Waals surface area contributed by atoms with Crippen molar-refractivity contribution < 1.29 is 18.0 Å². The Kier molecular flexibility index (Phi) is 6.00. The van der Waals surface area contributed by atoms with Gasteiger partial charge in [0.05, 0.1) is 6.04 Å². The maximum absolute atomic E-state index is 12.8. The second kappa shape index (κ2) is 8.46. The number of aromatic nitrogens is 3. The fourth-order valence-electron chi connectivity index (χ4n) is 2.98. The predicted molar refractivity (Wildman–Crippen MR) is 102 cm³/mol. The van der Waals surface area contributed by atoms with Gasteiger partial charge in [-0.3, -0.25) is 14.5 Å². The molecule has 0 aliphatic carbocycles. The fraction of sp³-hybridized carbons (Fsp3) is 0.286. The minimum atomic E-state index is -4.50. The van der Waals surface area contributed by atoms with Crippen LogP contribution >= 0.6 is 0 Å². The van der Waals surface area contributed by atoms with Crippen LogP contribution < -0.4 is 5.32 Å². The topological polar surface area (TPSA) is 59.8 Å². The predicted octanol–water partition coefficient (Wildman–Crippen LogP) is 4.21. The number of alkyl halides is 3. The quantitative estimate of drug-likeness (QED) is 0.672. The van der Waals surface area contributed by atoms with Crippen molar-refractivity contribution in [1.29, 1.82) is 0 Å². The van der Waals surface area contributed by atoms with E-state index in [1.165, 1.54) is 11.6 Å². The molecule has 0 radical (unpaired) electrons. The molecular formula is C21H21F3N4O. The summed E-state index contributed by atoms with van der Waals surface area (Å²) in [6.45, 7) is 3.56. The van der Waals surface area contributed by atoms with Crippen LogP contribution in [-0.2, 0) is 17.5 Å². The molecule has 0 saturated heterocycles. The van der Waals surface area contributed by atoms with Crippen LogP contribution in [0.2, 0.25) is 0 Å². The molecule has 0 aliphatic rings. The van der Waals surface area contributed by atoms with Crippen molar-refractivity contribution in [2.75, 3.05) is 0 Å². The number of aryl methyl sites for hydroxylation is 3. The molecule has 0 bridgehead atoms. The van der Waals surface area contributed by atoms with Gasteiger partial charge in [0.1, 0.15) is 0 Å². The highest BCUT2D eigenvalue weighted by atomic mass is 19.4. The van der Waals surface area contributed by atoms with Gasteiger partial charge in [-0.2, -0.15) is 18.3 Å². The van der Waals surface area contributed by atoms with Crippen LogP contribution in [0.25, 0.3) is 0 Å². The van der Waals surface area contributed by atoms with Crippen LogP contribution in [0.5, 0.6) is 0 Å². The number of benzene rings is 1. The van der Waals surface area contributed by atoms with Gasteiger partial charge in [0, 0.05) is 31.1 Å². The molecule has 1 N–H and O–H groups in total. The third kappa shape index (κ3) is 5.22. The molecule has 1 atom stereocenters. The van der Waals surface area contributed by atoms with Gasteiger partial charge in [-0.1, -0.05) is 35.9 Å². The fourth-order valence-corrected chi connectivity index (χ4v) is 2.98. The average Bonchev–Trinajstić information content (AvgIpc) is 3.07. The maximum atomic E-state index is 12.8. The van der Waals surface area contributed by atoms with Gasteiger partial charge in [-0.15, -0.1) is 0 Å². The number of hydrogen-bond donors (Lipinski definition) is 1. The van der Waals surface area contributed by atoms with Gasteiger partial charge in [0.2, 0.25) is 5.91 Å². The molecule has 8 heteroatoms. The number of hydrogen-bond acceptors (Lipinski definition) is 3. The van der Waals surface area contributed by atoms with Crippen molar-refractivity contribution in [3.63, 3.8) is 0 Å². The molecule has 2 heterocycles. The molecule has 2 aromatic heterocycles. The van der Waals surface area contributed by atoms with Crippen molar-refractivity contribution in [2.45, 2.75) is 39.0 Å². The summed E-state index contributed by atoms with van der Waals surface area (Å²) in [6.07, 6.45) is -1.17. The summed E-state index contributed by atoms with van der Waals surface area (Å²) in [5.74, 6) is -0.289. The number of rotatable bonds is 6. The van der Waals surface area contributed by atoms with Crippen LogP contribution in [0.1, 0.15) is 40.5 Å². The van der Waals surface area contributed by atoms with E-state index in [0.29, 0.717) is 5.69 Å². The van der Waals surface area contributed by atoms with Gasteiger partial charge >= 0.3 is 6.18 Å². The smallest absolute Gasteiger partial charge is 0.345 e. The monoisotopic (exact) mass is 402 g/mol. The third-order valence-corrected chi connectivity index (χ3v) is 4.56. The Morgan fingerprint density at radius 1 is 1.14 bits per heavy atom. The van der Waals surface area contributed by atoms with Crippen molar-refractivity contribution in [3.8, 4) is 0 Å². The lowest BCUT2D eigenvalue weighted by molar-refractivity contribution is -0.141. The highest BCUT2D eigenvalue weighted by Crippen LogP contribution is 2.28. The summed E-state index contributed by atoms with van der Waals surface area (Å²) in [5, 5.41) is 6.51. The van der Waals surface area contributed by atoms with Crippen molar-refractivity contribution in [1.82, 2.24) is 20.1 Å². The van der Waals surface area contributed by atoms with E-state index < -0.39 is 17.9 Å². The molecule has 0 unspecified atom stereocenters. The molecule has 0 saturated carbocycles. The van der Waals surface area contributed by atoms with E-state index in [9.17, 15) is 18.0 Å². The lowest BCUT2D eigenvalue weighted by atomic mass is 9.99. The highest BCUT2D eigenvalue weighted by Gasteiger charge is 2.34. The molecule has 152 valence electrons. The molecule has 3 rings (SSSR count). The first-order chi connectivity index (χ1) is 13.7. The highest BCUT2D eigenvalue weighted by molar-refractivity contribution is 5.77. The van der Waals surface area contributed by atoms with Crippen LogP contribution in [-0.4, -0.2) is 20.7 Å². The van der Waals surface area contributed by atoms with Crippen molar-refractivity contribution in [3.05, 3.63) is 82.9 Å². The number of halogens is 3. The largest absolute Gasteiger partial charge is 0.435 e. The Bertz CT molecular complexity index is 966. The van der Waals surface area contributed by atoms with Gasteiger partial charge in [0.25, 0.3) is 0 Å². The first kappa shape index (κ1) is 20.6. The summed E-state index contributed by atoms with van der Waals surface area (Å²) in [4.78, 5) is 16.7. The van der Waals surface area contributed by atoms with E-state index in [-0.39, 0.29) is 18.9 Å². The lowest BCUT2D eigenvalue weighted by Crippen LogP contribution is -2.30. The first-order valence-electron chi connectivity index (χ1n) is 9.11. The number of pyridine rings is 1. The molecule has 3 aromatic rings. The Balaban J connectivity index is 1.72. The number of nitrogens with zero attached hydrogens (tertiary/aromatic N) is 3. The molecule has 29 heavy (non-hydrogen) atoms. The summed E-state index contributed by atoms with van der Waals surface area (Å²) < 4.78 is 39.6. The number of amides is 1. The lowest BCUT2D eigenvalue weighted by Gasteiger charge is -2.20. The Morgan fingerprint density at radius 2 is 1.86 bits per heavy atom. The van der Waals surface area contributed by atoms with Crippen LogP contribution in [0, 0.1) is 13.8 Å². The minimum Gasteiger partial charge on any atom is -0.345 e. The van der Waals surface area contributed by atoms with E-state index >= 15 is 0 Å². The molecule has 1 aromatic carbocycles. The number of carbonyl (C=O) groups is 1. The summed E-state index contributed by atoms with van der Waals surface area (Å²) in [5.41, 5.74) is 2.21. The van der Waals surface area contributed by atoms with Gasteiger partial charge in [-0.05, 0) is 37.1 Å². The van der Waals surface area contributed by atoms with Gasteiger partial charge < -0.3 is 5.32 Å². The first-order valence-corrected chi connectivity index (χ1v) is 9.11. The van der Waals surface area contributed by atoms with E-state index in [1.807, 2.05) is 37.3 Å². The zero-order chi connectivity index (χ0) is 21.0. The third-order valence-electron chi connectivity index (χ3n) is 4.56. The normalized spacial score (nSPS) is 12.6. The van der Waals surface area contributed by atoms with Crippen LogP contribution in [0.4, 0.5) is 13.2 Å². The van der Waals surface area contributed by atoms with Crippen molar-refractivity contribution >= 4 is 5.91 Å². The zero-order valence-corrected chi connectivity index (χ0v) is 16.1. The van der Waals surface area contributed by atoms with E-state index in [0.717, 1.165) is 22.8 Å². The Labute approximate surface area is 166 Å². The maximum Gasteiger partial charge on any atom is 0.435 e. The molecule has 0 aliphatic heterocycles. The van der Waals surface area contributed by atoms with E-state index in [4.69, 9.17) is 0 Å². The standard InChI is InChI=1S/C21H21F3N4O/c1-14-5-7-16(8-6-14)20(17-4-3-10-25-13-17)26-19(29)9-11-28-15(2)12-18(27-28)21(22,23)24/h3-8,10,12-13,20H,9,11H2,1-2H3,(H,26,29)/t20-/m1/s1. The average molecular weight is 402 g/mol. The second-order valence-corrected chi connectivity index (χ2v) is 6.84. The molecule has 5 nitrogen and oxygen atoms in total. The summed E-state index contributed by atoms with van der Waals surface area (Å²) in [6, 6.07) is 12.0. The number of carbonyl (C=O) groups excluding carboxylic acids is 1. The molecule has 0 fully saturated rings. The van der Waals surface area contributed by atoms with Gasteiger partial charge in [0.15, 0.2) is 5.69 Å². The van der Waals surface area contributed by atoms with E-state index in [2.05, 4.69) is 15.4 Å². The zero-order valence-electron chi connectivity index (χ0n) is 16.1. The molecular weight excluding hydrogens is 381 g/mol. The van der Waals surface area contributed by atoms with Gasteiger partial charge in [-0.25, -0.2) is 0 Å². The minimum absolute atomic E-state index is 0.00242. The second-order valence-electron chi connectivity index (χ2n) is 6.84. The Hall–Kier alpha value is -3.16. The summed E-state index contributed by atoms with van der Waals surface area (Å²) in [7, 11) is 0. The number of nitrogens with one attached hydrogen (secondary N) is 1. The van der Waals surface area contributed by atoms with Crippen molar-refractivity contribution in [2.24, 2.45) is 0 Å². The van der Waals surface area contributed by atoms with Crippen LogP contribution in [0.3, 0.4) is 0 Å². The summed E-state index contributed by atoms with van der Waals surface area (Å²) >= 11 is 0. The van der Waals surface area contributed by atoms with E-state index in [1.54, 1.807) is 18.5 Å². The Morgan fingerprint density at radius 3 is 2.45 bits per heavy atom. The molecule has 0 spiro atoms. The van der Waals surface area contributed by atoms with Crippen LogP contribution in [0.15, 0.2) is 54.9 Å². The molecule has 1 amide bonds.